The number of terminal acetylenes is 1. The number of ether oxygens (including phenoxy) is 1. The second-order valence-electron chi connectivity index (χ2n) is 10.1. The number of carbonyl (C=O) groups excluding carboxylic acids is 2. The van der Waals surface area contributed by atoms with Crippen LogP contribution in [0.1, 0.15) is 28.4 Å². The highest BCUT2D eigenvalue weighted by molar-refractivity contribution is 7.99. The highest BCUT2D eigenvalue weighted by Gasteiger charge is 2.26. The average molecular weight is 658 g/mol. The standard InChI is InChI=1S/C23H31N5O4S.C8H10O.CH4O.CH2O/c1-4-5-17-13-24-19-7-6-16(22(32)25-23(33-14-29)21(31)15(2)30)12-18(19)20(17)26-28-10-8-27(3)9-11-28;1-7-3-5-8(9-2)6-4-7;2*1-2/h1,6-7,12-13,15,21,23,29-31H,5,8-11,14H2,2-3H3,(H,24,26)(H,25,32);3-6H,1-2H3;2H,1H3;1H2. The molecule has 0 aliphatic carbocycles. The van der Waals surface area contributed by atoms with Crippen LogP contribution in [0.3, 0.4) is 0 Å². The van der Waals surface area contributed by atoms with Gasteiger partial charge in [-0.15, -0.1) is 24.1 Å². The van der Waals surface area contributed by atoms with E-state index in [-0.39, 0.29) is 5.94 Å². The minimum Gasteiger partial charge on any atom is -0.497 e. The predicted molar refractivity (Wildman–Crippen MR) is 184 cm³/mol. The fraction of sp³-hybridized carbons (Fsp3) is 0.424. The van der Waals surface area contributed by atoms with Gasteiger partial charge < -0.3 is 45.6 Å². The summed E-state index contributed by atoms with van der Waals surface area (Å²) in [5.74, 6) is 2.84. The summed E-state index contributed by atoms with van der Waals surface area (Å²) in [5.41, 5.74) is 7.51. The Morgan fingerprint density at radius 1 is 1.13 bits per heavy atom. The number of aryl methyl sites for hydroxylation is 1. The van der Waals surface area contributed by atoms with Gasteiger partial charge in [0.1, 0.15) is 24.0 Å². The third-order valence-corrected chi connectivity index (χ3v) is 7.77. The van der Waals surface area contributed by atoms with Crippen LogP contribution in [-0.4, -0.2) is 119 Å². The maximum atomic E-state index is 13.0. The number of pyridine rings is 1. The first-order valence-electron chi connectivity index (χ1n) is 14.5. The van der Waals surface area contributed by atoms with Gasteiger partial charge in [0.05, 0.1) is 30.4 Å². The van der Waals surface area contributed by atoms with Crippen molar-refractivity contribution in [2.45, 2.75) is 37.9 Å². The Morgan fingerprint density at radius 3 is 2.30 bits per heavy atom. The maximum absolute atomic E-state index is 13.0. The topological polar surface area (TPSA) is 168 Å². The van der Waals surface area contributed by atoms with Crippen molar-refractivity contribution in [3.05, 3.63) is 65.4 Å². The number of anilines is 1. The largest absolute Gasteiger partial charge is 0.497 e. The van der Waals surface area contributed by atoms with E-state index in [0.29, 0.717) is 17.5 Å². The Hall–Kier alpha value is -3.74. The lowest BCUT2D eigenvalue weighted by Gasteiger charge is -2.33. The number of benzene rings is 2. The van der Waals surface area contributed by atoms with Crippen molar-refractivity contribution in [1.82, 2.24) is 20.2 Å². The van der Waals surface area contributed by atoms with Crippen LogP contribution >= 0.6 is 11.8 Å². The third-order valence-electron chi connectivity index (χ3n) is 6.86. The van der Waals surface area contributed by atoms with Crippen LogP contribution in [0.4, 0.5) is 5.69 Å². The molecule has 0 spiro atoms. The molecule has 0 radical (unpaired) electrons. The number of carbonyl (C=O) groups is 2. The molecule has 0 bridgehead atoms. The van der Waals surface area contributed by atoms with Crippen LogP contribution in [-0.2, 0) is 11.2 Å². The summed E-state index contributed by atoms with van der Waals surface area (Å²) >= 11 is 0.931. The zero-order chi connectivity index (χ0) is 34.6. The molecule has 1 aromatic heterocycles. The second kappa shape index (κ2) is 21.9. The summed E-state index contributed by atoms with van der Waals surface area (Å²) in [5, 5.41) is 40.9. The molecule has 46 heavy (non-hydrogen) atoms. The number of fused-ring (bicyclic) bond motifs is 1. The van der Waals surface area contributed by atoms with E-state index in [1.807, 2.05) is 31.1 Å². The highest BCUT2D eigenvalue weighted by Crippen LogP contribution is 2.28. The van der Waals surface area contributed by atoms with E-state index >= 15 is 0 Å². The molecule has 4 rings (SSSR count). The Morgan fingerprint density at radius 2 is 1.76 bits per heavy atom. The minimum absolute atomic E-state index is 0.315. The summed E-state index contributed by atoms with van der Waals surface area (Å²) in [6.07, 6.45) is 5.43. The number of thioether (sulfide) groups is 1. The highest BCUT2D eigenvalue weighted by atomic mass is 32.2. The van der Waals surface area contributed by atoms with E-state index in [9.17, 15) is 20.1 Å². The van der Waals surface area contributed by atoms with Gasteiger partial charge in [-0.3, -0.25) is 9.78 Å². The number of likely N-dealkylation sites (N-methyl/N-ethyl adjacent to an activating group) is 1. The minimum atomic E-state index is -1.23. The number of hydrogen-bond acceptors (Lipinski definition) is 12. The van der Waals surface area contributed by atoms with E-state index in [0.717, 1.165) is 67.4 Å². The number of nitrogens with zero attached hydrogens (tertiary/aromatic N) is 3. The monoisotopic (exact) mass is 657 g/mol. The molecule has 1 fully saturated rings. The first-order chi connectivity index (χ1) is 22.2. The summed E-state index contributed by atoms with van der Waals surface area (Å²) in [6.45, 7) is 9.03. The van der Waals surface area contributed by atoms with E-state index in [2.05, 4.69) is 45.5 Å². The Kier molecular flexibility index (Phi) is 19.2. The van der Waals surface area contributed by atoms with Crippen LogP contribution in [0.15, 0.2) is 48.7 Å². The van der Waals surface area contributed by atoms with Crippen LogP contribution in [0.5, 0.6) is 5.75 Å². The van der Waals surface area contributed by atoms with Crippen molar-refractivity contribution in [3.63, 3.8) is 0 Å². The zero-order valence-corrected chi connectivity index (χ0v) is 28.0. The fourth-order valence-electron chi connectivity index (χ4n) is 4.27. The normalized spacial score (nSPS) is 14.8. The molecule has 1 saturated heterocycles. The first kappa shape index (κ1) is 40.3. The SMILES string of the molecule is C#CCc1cnc2ccc(C(=O)NC(SCO)C(O)C(C)O)cc2c1NN1CCN(C)CC1.C=O.CO.COc1ccc(C)cc1. The zero-order valence-electron chi connectivity index (χ0n) is 27.1. The first-order valence-corrected chi connectivity index (χ1v) is 15.5. The lowest BCUT2D eigenvalue weighted by Crippen LogP contribution is -2.47. The van der Waals surface area contributed by atoms with Gasteiger partial charge in [0.15, 0.2) is 0 Å². The van der Waals surface area contributed by atoms with Crippen LogP contribution in [0.2, 0.25) is 0 Å². The number of aromatic nitrogens is 1. The number of hydrazine groups is 1. The third kappa shape index (κ3) is 12.6. The van der Waals surface area contributed by atoms with Crippen LogP contribution in [0.25, 0.3) is 10.9 Å². The Bertz CT molecular complexity index is 1360. The molecule has 2 aromatic carbocycles. The molecule has 1 aliphatic rings. The maximum Gasteiger partial charge on any atom is 0.252 e. The molecule has 3 unspecified atom stereocenters. The van der Waals surface area contributed by atoms with Crippen LogP contribution in [0, 0.1) is 19.3 Å². The Balaban J connectivity index is 0.000000686. The van der Waals surface area contributed by atoms with Gasteiger partial charge in [0.25, 0.3) is 5.91 Å². The molecular weight excluding hydrogens is 610 g/mol. The van der Waals surface area contributed by atoms with Gasteiger partial charge >= 0.3 is 0 Å². The molecule has 6 N–H and O–H groups in total. The molecule has 13 heteroatoms. The molecule has 1 amide bonds. The van der Waals surface area contributed by atoms with Crippen molar-refractivity contribution in [3.8, 4) is 18.1 Å². The summed E-state index contributed by atoms with van der Waals surface area (Å²) in [4.78, 5) is 27.7. The van der Waals surface area contributed by atoms with Crippen molar-refractivity contribution in [2.24, 2.45) is 0 Å². The summed E-state index contributed by atoms with van der Waals surface area (Å²) in [7, 11) is 4.76. The Labute approximate surface area is 275 Å². The number of rotatable bonds is 10. The number of nitrogens with one attached hydrogen (secondary N) is 2. The van der Waals surface area contributed by atoms with E-state index in [4.69, 9.17) is 21.1 Å². The number of methoxy groups -OCH3 is 1. The number of hydrogen-bond donors (Lipinski definition) is 6. The van der Waals surface area contributed by atoms with Crippen molar-refractivity contribution in [2.75, 3.05) is 58.8 Å². The average Bonchev–Trinajstić information content (AvgIpc) is 3.08. The van der Waals surface area contributed by atoms with Crippen molar-refractivity contribution >= 4 is 41.0 Å². The van der Waals surface area contributed by atoms with E-state index in [1.165, 1.54) is 12.5 Å². The molecule has 0 saturated carbocycles. The summed E-state index contributed by atoms with van der Waals surface area (Å²) in [6, 6.07) is 13.1. The van der Waals surface area contributed by atoms with Gasteiger partial charge in [-0.1, -0.05) is 17.7 Å². The molecule has 3 atom stereocenters. The van der Waals surface area contributed by atoms with Crippen molar-refractivity contribution < 1.29 is 34.8 Å². The van der Waals surface area contributed by atoms with Crippen molar-refractivity contribution in [1.29, 1.82) is 0 Å². The van der Waals surface area contributed by atoms with Gasteiger partial charge in [-0.05, 0) is 51.2 Å². The van der Waals surface area contributed by atoms with Gasteiger partial charge in [-0.25, -0.2) is 5.01 Å². The lowest BCUT2D eigenvalue weighted by molar-refractivity contribution is -0.0980. The predicted octanol–water partition coefficient (Wildman–Crippen LogP) is 1.89. The molecule has 12 nitrogen and oxygen atoms in total. The van der Waals surface area contributed by atoms with Gasteiger partial charge in [0.2, 0.25) is 0 Å². The van der Waals surface area contributed by atoms with Gasteiger partial charge in [0, 0.05) is 62.4 Å². The molecule has 2 heterocycles. The molecule has 1 aliphatic heterocycles. The van der Waals surface area contributed by atoms with Gasteiger partial charge in [-0.2, -0.15) is 0 Å². The smallest absolute Gasteiger partial charge is 0.252 e. The number of piperazine rings is 1. The molecule has 3 aromatic rings. The quantitative estimate of drug-likeness (QED) is 0.139. The lowest BCUT2D eigenvalue weighted by atomic mass is 10.0. The molecular formula is C33H47N5O7S. The van der Waals surface area contributed by atoms with Crippen LogP contribution < -0.4 is 15.5 Å². The summed E-state index contributed by atoms with van der Waals surface area (Å²) < 4.78 is 4.97. The number of aliphatic hydroxyl groups is 4. The van der Waals surface area contributed by atoms with E-state index < -0.39 is 23.5 Å². The second-order valence-corrected chi connectivity index (χ2v) is 11.2. The fourth-order valence-corrected chi connectivity index (χ4v) is 5.05. The number of aliphatic hydroxyl groups excluding tert-OH is 4. The molecule has 252 valence electrons. The number of amides is 1. The van der Waals surface area contributed by atoms with E-state index in [1.54, 1.807) is 31.5 Å².